The van der Waals surface area contributed by atoms with Crippen molar-refractivity contribution in [1.29, 1.82) is 0 Å². The molecule has 110 valence electrons. The van der Waals surface area contributed by atoms with Gasteiger partial charge in [-0.2, -0.15) is 0 Å². The first-order valence-electron chi connectivity index (χ1n) is 7.75. The molecule has 0 aromatic rings. The summed E-state index contributed by atoms with van der Waals surface area (Å²) in [5.41, 5.74) is 1.26. The second-order valence-electron chi connectivity index (χ2n) is 6.94. The SMILES string of the molecule is CCCN1C(=O)C(C)(C)C1C[C@H](C)CCC=C(C)C. The van der Waals surface area contributed by atoms with Crippen LogP contribution in [0, 0.1) is 11.3 Å². The molecule has 0 aliphatic carbocycles. The average Bonchev–Trinajstić information content (AvgIpc) is 2.32. The van der Waals surface area contributed by atoms with Gasteiger partial charge in [-0.05, 0) is 59.3 Å². The minimum absolute atomic E-state index is 0.139. The summed E-state index contributed by atoms with van der Waals surface area (Å²) in [6.45, 7) is 13.9. The Labute approximate surface area is 119 Å². The molecule has 0 saturated carbocycles. The first-order chi connectivity index (χ1) is 8.80. The largest absolute Gasteiger partial charge is 0.338 e. The van der Waals surface area contributed by atoms with E-state index in [9.17, 15) is 4.79 Å². The summed E-state index contributed by atoms with van der Waals surface area (Å²) in [6, 6.07) is 0.446. The van der Waals surface area contributed by atoms with E-state index in [1.807, 2.05) is 0 Å². The number of allylic oxidation sites excluding steroid dienone is 2. The van der Waals surface area contributed by atoms with Crippen LogP contribution in [-0.4, -0.2) is 23.4 Å². The summed E-state index contributed by atoms with van der Waals surface area (Å²) in [6.07, 6.45) is 6.92. The molecular weight excluding hydrogens is 234 g/mol. The second kappa shape index (κ2) is 6.58. The van der Waals surface area contributed by atoms with Crippen LogP contribution in [0.5, 0.6) is 0 Å². The summed E-state index contributed by atoms with van der Waals surface area (Å²) >= 11 is 0. The maximum absolute atomic E-state index is 12.1. The summed E-state index contributed by atoms with van der Waals surface area (Å²) in [7, 11) is 0. The van der Waals surface area contributed by atoms with Gasteiger partial charge >= 0.3 is 0 Å². The van der Waals surface area contributed by atoms with E-state index < -0.39 is 0 Å². The third-order valence-electron chi connectivity index (χ3n) is 4.32. The number of nitrogens with zero attached hydrogens (tertiary/aromatic N) is 1. The van der Waals surface area contributed by atoms with Gasteiger partial charge in [0.1, 0.15) is 0 Å². The third kappa shape index (κ3) is 3.84. The smallest absolute Gasteiger partial charge is 0.230 e. The summed E-state index contributed by atoms with van der Waals surface area (Å²) in [5, 5.41) is 0. The van der Waals surface area contributed by atoms with Gasteiger partial charge in [-0.1, -0.05) is 25.5 Å². The second-order valence-corrected chi connectivity index (χ2v) is 6.94. The molecule has 19 heavy (non-hydrogen) atoms. The number of rotatable bonds is 7. The van der Waals surface area contributed by atoms with Crippen LogP contribution >= 0.6 is 0 Å². The molecule has 2 nitrogen and oxygen atoms in total. The molecule has 0 radical (unpaired) electrons. The van der Waals surface area contributed by atoms with Crippen LogP contribution in [-0.2, 0) is 4.79 Å². The highest BCUT2D eigenvalue weighted by Crippen LogP contribution is 2.42. The first kappa shape index (κ1) is 16.3. The van der Waals surface area contributed by atoms with E-state index in [2.05, 4.69) is 52.5 Å². The van der Waals surface area contributed by atoms with Gasteiger partial charge in [0.15, 0.2) is 0 Å². The van der Waals surface area contributed by atoms with Crippen LogP contribution in [0.2, 0.25) is 0 Å². The van der Waals surface area contributed by atoms with Gasteiger partial charge in [0.05, 0.1) is 5.41 Å². The third-order valence-corrected chi connectivity index (χ3v) is 4.32. The van der Waals surface area contributed by atoms with Crippen LogP contribution in [0.25, 0.3) is 0 Å². The van der Waals surface area contributed by atoms with Gasteiger partial charge in [-0.15, -0.1) is 0 Å². The fourth-order valence-electron chi connectivity index (χ4n) is 3.05. The van der Waals surface area contributed by atoms with Crippen LogP contribution in [0.1, 0.15) is 67.2 Å². The molecular formula is C17H31NO. The van der Waals surface area contributed by atoms with E-state index in [4.69, 9.17) is 0 Å². The Bertz CT molecular complexity index is 339. The minimum atomic E-state index is -0.139. The van der Waals surface area contributed by atoms with Gasteiger partial charge in [0, 0.05) is 12.6 Å². The fraction of sp³-hybridized carbons (Fsp3) is 0.824. The van der Waals surface area contributed by atoms with Crippen molar-refractivity contribution >= 4 is 5.91 Å². The van der Waals surface area contributed by atoms with Crippen molar-refractivity contribution in [3.63, 3.8) is 0 Å². The molecule has 0 aromatic heterocycles. The average molecular weight is 265 g/mol. The van der Waals surface area contributed by atoms with Crippen molar-refractivity contribution in [3.05, 3.63) is 11.6 Å². The van der Waals surface area contributed by atoms with Gasteiger partial charge in [0.2, 0.25) is 5.91 Å². The number of carbonyl (C=O) groups is 1. The molecule has 2 heteroatoms. The molecule has 0 bridgehead atoms. The number of carbonyl (C=O) groups excluding carboxylic acids is 1. The molecule has 1 amide bonds. The van der Waals surface area contributed by atoms with Crippen LogP contribution < -0.4 is 0 Å². The van der Waals surface area contributed by atoms with E-state index in [1.165, 1.54) is 18.4 Å². The van der Waals surface area contributed by atoms with Crippen molar-refractivity contribution in [3.8, 4) is 0 Å². The lowest BCUT2D eigenvalue weighted by molar-refractivity contribution is -0.169. The summed E-state index contributed by atoms with van der Waals surface area (Å²) < 4.78 is 0. The molecule has 1 aliphatic rings. The monoisotopic (exact) mass is 265 g/mol. The van der Waals surface area contributed by atoms with Crippen molar-refractivity contribution in [2.45, 2.75) is 73.3 Å². The summed E-state index contributed by atoms with van der Waals surface area (Å²) in [4.78, 5) is 14.2. The Morgan fingerprint density at radius 1 is 1.42 bits per heavy atom. The van der Waals surface area contributed by atoms with E-state index in [0.717, 1.165) is 19.4 Å². The Balaban J connectivity index is 2.49. The Morgan fingerprint density at radius 2 is 2.05 bits per heavy atom. The van der Waals surface area contributed by atoms with Gasteiger partial charge in [-0.25, -0.2) is 0 Å². The quantitative estimate of drug-likeness (QED) is 0.493. The van der Waals surface area contributed by atoms with E-state index in [0.29, 0.717) is 17.9 Å². The number of β-lactam (4-membered cyclic amide) rings is 1. The molecule has 1 fully saturated rings. The molecule has 0 N–H and O–H groups in total. The normalized spacial score (nSPS) is 22.9. The van der Waals surface area contributed by atoms with Gasteiger partial charge < -0.3 is 4.90 Å². The van der Waals surface area contributed by atoms with Crippen molar-refractivity contribution in [1.82, 2.24) is 4.90 Å². The molecule has 1 unspecified atom stereocenters. The highest BCUT2D eigenvalue weighted by molar-refractivity contribution is 5.89. The Hall–Kier alpha value is -0.790. The Morgan fingerprint density at radius 3 is 2.58 bits per heavy atom. The standard InChI is InChI=1S/C17H31NO/c1-7-11-18-15(17(5,6)16(18)19)12-14(4)10-8-9-13(2)3/h9,14-15H,7-8,10-12H2,1-6H3/t14-,15?/m1/s1. The lowest BCUT2D eigenvalue weighted by Crippen LogP contribution is -2.66. The topological polar surface area (TPSA) is 20.3 Å². The summed E-state index contributed by atoms with van der Waals surface area (Å²) in [5.74, 6) is 1.03. The molecule has 0 aromatic carbocycles. The highest BCUT2D eigenvalue weighted by atomic mass is 16.2. The van der Waals surface area contributed by atoms with Crippen LogP contribution in [0.3, 0.4) is 0 Å². The molecule has 0 spiro atoms. The predicted octanol–water partition coefficient (Wildman–Crippen LogP) is 4.41. The van der Waals surface area contributed by atoms with E-state index in [1.54, 1.807) is 0 Å². The number of hydrogen-bond acceptors (Lipinski definition) is 1. The predicted molar refractivity (Wildman–Crippen MR) is 82.0 cm³/mol. The lowest BCUT2D eigenvalue weighted by atomic mass is 9.70. The number of amides is 1. The number of likely N-dealkylation sites (tertiary alicyclic amines) is 1. The lowest BCUT2D eigenvalue weighted by Gasteiger charge is -2.54. The zero-order valence-electron chi connectivity index (χ0n) is 13.6. The zero-order chi connectivity index (χ0) is 14.6. The van der Waals surface area contributed by atoms with Crippen molar-refractivity contribution < 1.29 is 4.79 Å². The maximum atomic E-state index is 12.1. The van der Waals surface area contributed by atoms with Crippen molar-refractivity contribution in [2.75, 3.05) is 6.54 Å². The molecule has 2 atom stereocenters. The maximum Gasteiger partial charge on any atom is 0.230 e. The minimum Gasteiger partial charge on any atom is -0.338 e. The van der Waals surface area contributed by atoms with E-state index in [-0.39, 0.29) is 5.41 Å². The molecule has 1 saturated heterocycles. The molecule has 1 aliphatic heterocycles. The molecule has 1 heterocycles. The van der Waals surface area contributed by atoms with E-state index >= 15 is 0 Å². The number of hydrogen-bond donors (Lipinski definition) is 0. The first-order valence-corrected chi connectivity index (χ1v) is 7.75. The van der Waals surface area contributed by atoms with Crippen LogP contribution in [0.4, 0.5) is 0 Å². The van der Waals surface area contributed by atoms with Gasteiger partial charge in [0.25, 0.3) is 0 Å². The highest BCUT2D eigenvalue weighted by Gasteiger charge is 2.53. The molecule has 1 rings (SSSR count). The van der Waals surface area contributed by atoms with Crippen molar-refractivity contribution in [2.24, 2.45) is 11.3 Å². The van der Waals surface area contributed by atoms with Gasteiger partial charge in [-0.3, -0.25) is 4.79 Å². The fourth-order valence-corrected chi connectivity index (χ4v) is 3.05. The zero-order valence-corrected chi connectivity index (χ0v) is 13.6. The van der Waals surface area contributed by atoms with Crippen LogP contribution in [0.15, 0.2) is 11.6 Å². The Kier molecular flexibility index (Phi) is 5.64.